The largest absolute Gasteiger partial charge is 0.477 e. The van der Waals surface area contributed by atoms with Crippen LogP contribution in [-0.2, 0) is 0 Å². The first kappa shape index (κ1) is 14.4. The lowest BCUT2D eigenvalue weighted by Crippen LogP contribution is -2.01. The van der Waals surface area contributed by atoms with E-state index in [0.29, 0.717) is 35.2 Å². The van der Waals surface area contributed by atoms with Crippen LogP contribution in [0.1, 0.15) is 6.92 Å². The zero-order valence-electron chi connectivity index (χ0n) is 11.5. The van der Waals surface area contributed by atoms with Gasteiger partial charge in [-0.15, -0.1) is 0 Å². The van der Waals surface area contributed by atoms with Crippen molar-refractivity contribution in [2.45, 2.75) is 6.92 Å². The van der Waals surface area contributed by atoms with E-state index in [9.17, 15) is 4.39 Å². The fourth-order valence-electron chi connectivity index (χ4n) is 1.84. The Morgan fingerprint density at radius 3 is 2.91 bits per heavy atom. The number of nitrogens with zero attached hydrogens (tertiary/aromatic N) is 4. The van der Waals surface area contributed by atoms with Gasteiger partial charge in [0.1, 0.15) is 12.1 Å². The highest BCUT2D eigenvalue weighted by Gasteiger charge is 2.09. The monoisotopic (exact) mass is 319 g/mol. The lowest BCUT2D eigenvalue weighted by Gasteiger charge is -2.09. The van der Waals surface area contributed by atoms with Crippen molar-refractivity contribution in [1.82, 2.24) is 19.9 Å². The summed E-state index contributed by atoms with van der Waals surface area (Å²) < 4.78 is 18.5. The highest BCUT2D eigenvalue weighted by atomic mass is 35.5. The average Bonchev–Trinajstić information content (AvgIpc) is 2.52. The fourth-order valence-corrected chi connectivity index (χ4v) is 2.02. The molecule has 1 aromatic carbocycles. The highest BCUT2D eigenvalue weighted by Crippen LogP contribution is 2.25. The number of hydrogen-bond donors (Lipinski definition) is 1. The molecule has 2 heterocycles. The van der Waals surface area contributed by atoms with Crippen LogP contribution in [0.25, 0.3) is 11.2 Å². The first-order chi connectivity index (χ1) is 10.7. The molecule has 0 bridgehead atoms. The second kappa shape index (κ2) is 6.07. The number of rotatable bonds is 4. The minimum atomic E-state index is -0.488. The van der Waals surface area contributed by atoms with E-state index in [2.05, 4.69) is 25.3 Å². The highest BCUT2D eigenvalue weighted by molar-refractivity contribution is 6.31. The predicted molar refractivity (Wildman–Crippen MR) is 81.0 cm³/mol. The normalized spacial score (nSPS) is 10.7. The molecule has 3 aromatic rings. The average molecular weight is 320 g/mol. The van der Waals surface area contributed by atoms with Gasteiger partial charge in [-0.1, -0.05) is 11.6 Å². The Kier molecular flexibility index (Phi) is 3.97. The van der Waals surface area contributed by atoms with Gasteiger partial charge in [-0.3, -0.25) is 0 Å². The number of nitrogens with one attached hydrogen (secondary N) is 1. The molecule has 22 heavy (non-hydrogen) atoms. The number of benzene rings is 1. The van der Waals surface area contributed by atoms with E-state index in [1.54, 1.807) is 6.07 Å². The summed E-state index contributed by atoms with van der Waals surface area (Å²) in [5.41, 5.74) is 1.46. The number of ether oxygens (including phenoxy) is 1. The minimum Gasteiger partial charge on any atom is -0.477 e. The topological polar surface area (TPSA) is 72.8 Å². The Morgan fingerprint density at radius 1 is 1.27 bits per heavy atom. The van der Waals surface area contributed by atoms with Gasteiger partial charge >= 0.3 is 0 Å². The van der Waals surface area contributed by atoms with E-state index in [-0.39, 0.29) is 5.02 Å². The van der Waals surface area contributed by atoms with Gasteiger partial charge in [0.05, 0.1) is 17.8 Å². The van der Waals surface area contributed by atoms with Crippen LogP contribution in [0.2, 0.25) is 5.02 Å². The van der Waals surface area contributed by atoms with Crippen molar-refractivity contribution in [3.8, 4) is 5.88 Å². The lowest BCUT2D eigenvalue weighted by molar-refractivity contribution is 0.326. The van der Waals surface area contributed by atoms with Crippen LogP contribution in [0.3, 0.4) is 0 Å². The molecule has 6 nitrogen and oxygen atoms in total. The summed E-state index contributed by atoms with van der Waals surface area (Å²) in [5, 5.41) is 3.04. The van der Waals surface area contributed by atoms with E-state index in [1.807, 2.05) is 6.92 Å². The van der Waals surface area contributed by atoms with Gasteiger partial charge in [0.15, 0.2) is 17.0 Å². The molecule has 0 fully saturated rings. The van der Waals surface area contributed by atoms with Crippen molar-refractivity contribution in [3.63, 3.8) is 0 Å². The van der Waals surface area contributed by atoms with Crippen LogP contribution in [-0.4, -0.2) is 26.5 Å². The van der Waals surface area contributed by atoms with Crippen molar-refractivity contribution >= 4 is 34.3 Å². The predicted octanol–water partition coefficient (Wildman–Crippen LogP) is 3.35. The SMILES string of the molecule is CCOc1cnc2ncnc(Nc3ccc(F)c(Cl)c3)c2n1. The maximum atomic E-state index is 13.2. The van der Waals surface area contributed by atoms with Crippen LogP contribution in [0.4, 0.5) is 15.9 Å². The lowest BCUT2D eigenvalue weighted by atomic mass is 10.3. The van der Waals surface area contributed by atoms with E-state index in [4.69, 9.17) is 16.3 Å². The molecule has 0 aliphatic rings. The summed E-state index contributed by atoms with van der Waals surface area (Å²) in [5.74, 6) is 0.324. The van der Waals surface area contributed by atoms with E-state index in [1.165, 1.54) is 24.7 Å². The fraction of sp³-hybridized carbons (Fsp3) is 0.143. The molecule has 0 amide bonds. The summed E-state index contributed by atoms with van der Waals surface area (Å²) in [6.45, 7) is 2.33. The molecule has 3 rings (SSSR count). The molecule has 0 saturated heterocycles. The number of aromatic nitrogens is 4. The molecular weight excluding hydrogens is 309 g/mol. The first-order valence-corrected chi connectivity index (χ1v) is 6.88. The van der Waals surface area contributed by atoms with Crippen LogP contribution in [0.5, 0.6) is 5.88 Å². The molecule has 0 aliphatic heterocycles. The van der Waals surface area contributed by atoms with Crippen LogP contribution < -0.4 is 10.1 Å². The van der Waals surface area contributed by atoms with Crippen molar-refractivity contribution < 1.29 is 9.13 Å². The van der Waals surface area contributed by atoms with Crippen molar-refractivity contribution in [2.75, 3.05) is 11.9 Å². The third kappa shape index (κ3) is 2.89. The van der Waals surface area contributed by atoms with Gasteiger partial charge in [0, 0.05) is 5.69 Å². The summed E-state index contributed by atoms with van der Waals surface area (Å²) in [6, 6.07) is 4.28. The van der Waals surface area contributed by atoms with Crippen molar-refractivity contribution in [3.05, 3.63) is 41.6 Å². The Bertz CT molecular complexity index is 829. The standard InChI is InChI=1S/C14H11ClFN5O/c1-2-22-11-6-17-13-12(21-11)14(19-7-18-13)20-8-3-4-10(16)9(15)5-8/h3-7H,2H2,1H3,(H,17,18,19,20). The smallest absolute Gasteiger partial charge is 0.233 e. The third-order valence-electron chi connectivity index (χ3n) is 2.80. The van der Waals surface area contributed by atoms with E-state index >= 15 is 0 Å². The molecule has 0 unspecified atom stereocenters. The van der Waals surface area contributed by atoms with Gasteiger partial charge in [0.2, 0.25) is 5.88 Å². The Balaban J connectivity index is 2.01. The van der Waals surface area contributed by atoms with Gasteiger partial charge in [0.25, 0.3) is 0 Å². The van der Waals surface area contributed by atoms with Crippen LogP contribution in [0, 0.1) is 5.82 Å². The maximum Gasteiger partial charge on any atom is 0.233 e. The minimum absolute atomic E-state index is 0.0180. The molecule has 0 radical (unpaired) electrons. The molecule has 112 valence electrons. The Labute approximate surface area is 130 Å². The molecule has 2 aromatic heterocycles. The van der Waals surface area contributed by atoms with Crippen LogP contribution >= 0.6 is 11.6 Å². The molecule has 0 atom stereocenters. The second-order valence-electron chi connectivity index (χ2n) is 4.29. The Hall–Kier alpha value is -2.54. The molecule has 1 N–H and O–H groups in total. The summed E-state index contributed by atoms with van der Waals surface area (Å²) in [4.78, 5) is 16.7. The van der Waals surface area contributed by atoms with Crippen molar-refractivity contribution in [2.24, 2.45) is 0 Å². The quantitative estimate of drug-likeness (QED) is 0.795. The Morgan fingerprint density at radius 2 is 2.14 bits per heavy atom. The third-order valence-corrected chi connectivity index (χ3v) is 3.09. The molecular formula is C14H11ClFN5O. The van der Waals surface area contributed by atoms with E-state index in [0.717, 1.165) is 0 Å². The molecule has 8 heteroatoms. The van der Waals surface area contributed by atoms with Gasteiger partial charge in [-0.25, -0.2) is 24.3 Å². The number of halogens is 2. The van der Waals surface area contributed by atoms with Gasteiger partial charge in [-0.05, 0) is 25.1 Å². The first-order valence-electron chi connectivity index (χ1n) is 6.50. The number of hydrogen-bond acceptors (Lipinski definition) is 6. The number of fused-ring (bicyclic) bond motifs is 1. The summed E-state index contributed by atoms with van der Waals surface area (Å²) in [7, 11) is 0. The summed E-state index contributed by atoms with van der Waals surface area (Å²) in [6.07, 6.45) is 2.86. The number of anilines is 2. The summed E-state index contributed by atoms with van der Waals surface area (Å²) >= 11 is 5.77. The second-order valence-corrected chi connectivity index (χ2v) is 4.70. The molecule has 0 aliphatic carbocycles. The molecule has 0 spiro atoms. The van der Waals surface area contributed by atoms with E-state index < -0.39 is 5.82 Å². The van der Waals surface area contributed by atoms with Crippen molar-refractivity contribution in [1.29, 1.82) is 0 Å². The maximum absolute atomic E-state index is 13.2. The zero-order valence-corrected chi connectivity index (χ0v) is 12.3. The van der Waals surface area contributed by atoms with Gasteiger partial charge in [-0.2, -0.15) is 0 Å². The molecule has 0 saturated carbocycles. The van der Waals surface area contributed by atoms with Crippen LogP contribution in [0.15, 0.2) is 30.7 Å². The zero-order chi connectivity index (χ0) is 15.5. The van der Waals surface area contributed by atoms with Gasteiger partial charge < -0.3 is 10.1 Å².